The number of allylic oxidation sites excluding steroid dienone is 1. The highest BCUT2D eigenvalue weighted by Crippen LogP contribution is 2.33. The highest BCUT2D eigenvalue weighted by Gasteiger charge is 2.37. The molecule has 6 heterocycles. The standard InChI is InChI=1S/C44H43N13O13S/c1-10-23-42-53-26(14-69-42)35(62)46-17(3)34(61)57-31(44(8,9)67)39(66)49-19(5)41-56-29(21(7)70-41)38(65)47-16(2)33(60)48-18(4)40-52-25(13-68-40)30-22(11-12-24(50-30)32(45)59)43-54-27(15-71-43)36(63)55-28(20(6)58)37(64)51-23/h10-15,20,28,31,58,67H,2-5H2,1,6-9H3,(H2,45,59)(H,46,62)(H,47,65)(H,48,60)(H,49,66)(H,51,64)(H,55,63)(H,57,61)/b23-10-. The molecule has 0 aromatic carbocycles. The van der Waals surface area contributed by atoms with Gasteiger partial charge in [0.05, 0.1) is 40.2 Å². The first-order chi connectivity index (χ1) is 33.4. The Bertz CT molecular complexity index is 3130. The third-order valence-corrected chi connectivity index (χ3v) is 10.7. The first kappa shape index (κ1) is 51.2. The van der Waals surface area contributed by atoms with Gasteiger partial charge in [-0.3, -0.25) is 38.4 Å². The van der Waals surface area contributed by atoms with Crippen LogP contribution in [0, 0.1) is 6.92 Å². The number of amides is 8. The fourth-order valence-corrected chi connectivity index (χ4v) is 6.96. The van der Waals surface area contributed by atoms with E-state index in [2.05, 4.69) is 88.5 Å². The third-order valence-electron chi connectivity index (χ3n) is 9.81. The van der Waals surface area contributed by atoms with Gasteiger partial charge in [-0.25, -0.2) is 24.9 Å². The van der Waals surface area contributed by atoms with E-state index in [0.29, 0.717) is 0 Å². The van der Waals surface area contributed by atoms with Crippen LogP contribution in [0.4, 0.5) is 0 Å². The van der Waals surface area contributed by atoms with Crippen molar-refractivity contribution in [3.05, 3.63) is 120 Å². The van der Waals surface area contributed by atoms with E-state index in [1.807, 2.05) is 0 Å². The van der Waals surface area contributed by atoms with Crippen LogP contribution in [0.3, 0.4) is 0 Å². The topological polar surface area (TPSA) is 391 Å². The van der Waals surface area contributed by atoms with Crippen molar-refractivity contribution in [2.75, 3.05) is 0 Å². The minimum absolute atomic E-state index is 0.00911. The molecule has 1 aliphatic heterocycles. The van der Waals surface area contributed by atoms with Gasteiger partial charge in [0.15, 0.2) is 11.4 Å². The molecule has 11 N–H and O–H groups in total. The quantitative estimate of drug-likeness (QED) is 0.110. The number of hydrogen-bond donors (Lipinski definition) is 10. The molecule has 3 atom stereocenters. The second kappa shape index (κ2) is 20.6. The van der Waals surface area contributed by atoms with Gasteiger partial charge in [-0.2, -0.15) is 0 Å². The lowest BCUT2D eigenvalue weighted by molar-refractivity contribution is -0.132. The maximum atomic E-state index is 13.6. The summed E-state index contributed by atoms with van der Waals surface area (Å²) in [6.07, 6.45) is 1.86. The second-order valence-electron chi connectivity index (χ2n) is 15.7. The van der Waals surface area contributed by atoms with Gasteiger partial charge in [0.1, 0.15) is 58.2 Å². The third kappa shape index (κ3) is 11.6. The molecule has 71 heavy (non-hydrogen) atoms. The second-order valence-corrected chi connectivity index (χ2v) is 16.6. The van der Waals surface area contributed by atoms with Gasteiger partial charge < -0.3 is 66.4 Å². The van der Waals surface area contributed by atoms with Crippen LogP contribution in [-0.2, 0) is 19.2 Å². The molecule has 8 amide bonds. The zero-order valence-electron chi connectivity index (χ0n) is 38.1. The Morgan fingerprint density at radius 3 is 2.01 bits per heavy atom. The van der Waals surface area contributed by atoms with Gasteiger partial charge >= 0.3 is 0 Å². The smallest absolute Gasteiger partial charge is 0.278 e. The number of nitrogens with zero attached hydrogens (tertiary/aromatic N) is 5. The van der Waals surface area contributed by atoms with Gasteiger partial charge in [-0.05, 0) is 46.8 Å². The Labute approximate surface area is 404 Å². The van der Waals surface area contributed by atoms with Crippen LogP contribution in [0.1, 0.15) is 93.1 Å². The molecule has 0 aliphatic carbocycles. The summed E-state index contributed by atoms with van der Waals surface area (Å²) in [6.45, 7) is 21.0. The molecule has 8 bridgehead atoms. The summed E-state index contributed by atoms with van der Waals surface area (Å²) in [7, 11) is 0. The molecule has 26 nitrogen and oxygen atoms in total. The number of nitrogens with one attached hydrogen (secondary N) is 7. The SMILES string of the molecule is C=C1NC(=O)c2nc(oc2C)C(=C)NC(=O)C(C(C)(C)O)NC(=O)C(=C)NC(=O)c2coc(n2)/C(=C/C)NC(=O)C(C(C)O)NC(=O)c2csc(n2)-c2ccc(C(N)=O)nc2-c2coc(n2)C(=C)NC1=O. The van der Waals surface area contributed by atoms with Gasteiger partial charge in [0.25, 0.3) is 35.4 Å². The van der Waals surface area contributed by atoms with Crippen molar-refractivity contribution < 1.29 is 61.8 Å². The summed E-state index contributed by atoms with van der Waals surface area (Å²) in [5.41, 5.74) is 0.789. The number of primary amides is 1. The highest BCUT2D eigenvalue weighted by atomic mass is 32.1. The van der Waals surface area contributed by atoms with E-state index in [9.17, 15) is 48.6 Å². The van der Waals surface area contributed by atoms with Gasteiger partial charge in [0.2, 0.25) is 29.5 Å². The van der Waals surface area contributed by atoms with Crippen molar-refractivity contribution in [1.82, 2.24) is 62.1 Å². The van der Waals surface area contributed by atoms with Crippen molar-refractivity contribution in [2.24, 2.45) is 5.73 Å². The Kier molecular flexibility index (Phi) is 14.8. The number of aromatic nitrogens is 5. The largest absolute Gasteiger partial charge is 0.443 e. The number of pyridine rings is 1. The molecule has 27 heteroatoms. The minimum Gasteiger partial charge on any atom is -0.443 e. The molecule has 5 aromatic rings. The lowest BCUT2D eigenvalue weighted by Gasteiger charge is -2.29. The molecule has 0 saturated carbocycles. The summed E-state index contributed by atoms with van der Waals surface area (Å²) >= 11 is 0.957. The molecule has 368 valence electrons. The first-order valence-corrected chi connectivity index (χ1v) is 21.4. The van der Waals surface area contributed by atoms with Gasteiger partial charge in [0, 0.05) is 10.9 Å². The minimum atomic E-state index is -1.97. The number of rotatable bonds is 3. The first-order valence-electron chi connectivity index (χ1n) is 20.5. The summed E-state index contributed by atoms with van der Waals surface area (Å²) in [6, 6.07) is -0.619. The molecule has 6 rings (SSSR count). The summed E-state index contributed by atoms with van der Waals surface area (Å²) in [5.74, 6) is -8.99. The van der Waals surface area contributed by atoms with E-state index >= 15 is 0 Å². The van der Waals surface area contributed by atoms with Gasteiger partial charge in [-0.1, -0.05) is 32.4 Å². The fourth-order valence-electron chi connectivity index (χ4n) is 6.14. The van der Waals surface area contributed by atoms with E-state index in [0.717, 1.165) is 23.9 Å². The van der Waals surface area contributed by atoms with Crippen LogP contribution in [-0.4, -0.2) is 106 Å². The molecule has 1 aliphatic rings. The van der Waals surface area contributed by atoms with Crippen molar-refractivity contribution >= 4 is 75.7 Å². The zero-order chi connectivity index (χ0) is 52.2. The Morgan fingerprint density at radius 1 is 0.732 bits per heavy atom. The van der Waals surface area contributed by atoms with Crippen LogP contribution >= 0.6 is 11.3 Å². The number of nitrogens with two attached hydrogens (primary N) is 1. The molecule has 3 unspecified atom stereocenters. The maximum Gasteiger partial charge on any atom is 0.278 e. The van der Waals surface area contributed by atoms with Gasteiger partial charge in [-0.15, -0.1) is 11.3 Å². The average Bonchev–Trinajstić information content (AvgIpc) is 4.15. The summed E-state index contributed by atoms with van der Waals surface area (Å²) in [4.78, 5) is 127. The highest BCUT2D eigenvalue weighted by molar-refractivity contribution is 7.13. The van der Waals surface area contributed by atoms with Crippen LogP contribution in [0.15, 0.2) is 87.1 Å². The normalized spacial score (nSPS) is 18.4. The molecule has 0 saturated heterocycles. The molecule has 5 aromatic heterocycles. The summed E-state index contributed by atoms with van der Waals surface area (Å²) < 4.78 is 16.5. The maximum absolute atomic E-state index is 13.6. The lowest BCUT2D eigenvalue weighted by Crippen LogP contribution is -2.58. The number of hydrogen-bond acceptors (Lipinski definition) is 19. The Balaban J connectivity index is 1.33. The van der Waals surface area contributed by atoms with Crippen molar-refractivity contribution in [3.63, 3.8) is 0 Å². The van der Waals surface area contributed by atoms with Crippen molar-refractivity contribution in [1.29, 1.82) is 0 Å². The van der Waals surface area contributed by atoms with E-state index < -0.39 is 88.1 Å². The molecule has 0 spiro atoms. The molecule has 0 radical (unpaired) electrons. The van der Waals surface area contributed by atoms with E-state index in [1.165, 1.54) is 58.2 Å². The van der Waals surface area contributed by atoms with E-state index in [-0.39, 0.29) is 79.6 Å². The number of aliphatic hydroxyl groups excluding tert-OH is 1. The van der Waals surface area contributed by atoms with Crippen LogP contribution in [0.2, 0.25) is 0 Å². The van der Waals surface area contributed by atoms with Crippen LogP contribution in [0.25, 0.3) is 39.1 Å². The van der Waals surface area contributed by atoms with E-state index in [1.54, 1.807) is 0 Å². The average molecular weight is 994 g/mol. The number of aryl methyl sites for hydroxylation is 1. The fraction of sp³-hybridized carbons (Fsp3) is 0.205. The van der Waals surface area contributed by atoms with Crippen molar-refractivity contribution in [3.8, 4) is 22.0 Å². The monoisotopic (exact) mass is 993 g/mol. The number of oxazole rings is 3. The number of thiazole rings is 1. The molecular weight excluding hydrogens is 951 g/mol. The Morgan fingerprint density at radius 2 is 1.35 bits per heavy atom. The number of fused-ring (bicyclic) bond motifs is 11. The van der Waals surface area contributed by atoms with Crippen LogP contribution < -0.4 is 43.0 Å². The van der Waals surface area contributed by atoms with E-state index in [4.69, 9.17) is 19.0 Å². The molecule has 0 fully saturated rings. The Hall–Kier alpha value is -9.21. The number of carbonyl (C=O) groups is 8. The number of aliphatic hydroxyl groups is 2. The lowest BCUT2D eigenvalue weighted by atomic mass is 9.97. The van der Waals surface area contributed by atoms with Crippen molar-refractivity contribution in [2.45, 2.75) is 58.4 Å². The molecular formula is C44H43N13O13S. The zero-order valence-corrected chi connectivity index (χ0v) is 38.9. The summed E-state index contributed by atoms with van der Waals surface area (Å²) in [5, 5.41) is 39.3. The number of carbonyl (C=O) groups excluding carboxylic acids is 8. The predicted octanol–water partition coefficient (Wildman–Crippen LogP) is 0.530. The van der Waals surface area contributed by atoms with Crippen LogP contribution in [0.5, 0.6) is 0 Å². The predicted molar refractivity (Wildman–Crippen MR) is 248 cm³/mol.